The lowest BCUT2D eigenvalue weighted by atomic mass is 10.1. The Morgan fingerprint density at radius 2 is 1.83 bits per heavy atom. The van der Waals surface area contributed by atoms with Crippen LogP contribution in [-0.4, -0.2) is 43.9 Å². The number of aromatic nitrogens is 5. The van der Waals surface area contributed by atoms with E-state index in [9.17, 15) is 9.90 Å². The minimum Gasteiger partial charge on any atom is -0.493 e. The van der Waals surface area contributed by atoms with Crippen molar-refractivity contribution in [3.63, 3.8) is 0 Å². The fourth-order valence-corrected chi connectivity index (χ4v) is 3.43. The second-order valence-corrected chi connectivity index (χ2v) is 6.72. The first-order valence-electron chi connectivity index (χ1n) is 9.29. The quantitative estimate of drug-likeness (QED) is 0.520. The summed E-state index contributed by atoms with van der Waals surface area (Å²) in [5, 5.41) is 17.6. The summed E-state index contributed by atoms with van der Waals surface area (Å²) < 4.78 is 13.9. The topological polar surface area (TPSA) is 104 Å². The lowest BCUT2D eigenvalue weighted by Gasteiger charge is -2.16. The van der Waals surface area contributed by atoms with E-state index in [1.807, 2.05) is 24.3 Å². The summed E-state index contributed by atoms with van der Waals surface area (Å²) in [5.41, 5.74) is 2.37. The molecule has 0 saturated heterocycles. The number of methoxy groups -OCH3 is 2. The Bertz CT molecular complexity index is 1280. The van der Waals surface area contributed by atoms with E-state index in [1.54, 1.807) is 41.6 Å². The Kier molecular flexibility index (Phi) is 5.20. The number of hydrogen-bond donors (Lipinski definition) is 1. The van der Waals surface area contributed by atoms with Crippen LogP contribution >= 0.6 is 0 Å². The monoisotopic (exact) mass is 407 g/mol. The Morgan fingerprint density at radius 3 is 2.53 bits per heavy atom. The normalized spacial score (nSPS) is 11.1. The molecule has 0 bridgehead atoms. The van der Waals surface area contributed by atoms with E-state index >= 15 is 0 Å². The SMILES string of the molecule is COc1cc2nc(C)n(-c3ccccc3Cn3cc(CO)nn3)c(=O)c2cc1OC. The number of fused-ring (bicyclic) bond motifs is 1. The minimum atomic E-state index is -0.208. The summed E-state index contributed by atoms with van der Waals surface area (Å²) in [6, 6.07) is 10.9. The molecule has 0 aliphatic carbocycles. The van der Waals surface area contributed by atoms with Gasteiger partial charge in [-0.15, -0.1) is 5.10 Å². The van der Waals surface area contributed by atoms with Gasteiger partial charge in [-0.25, -0.2) is 9.67 Å². The van der Waals surface area contributed by atoms with Gasteiger partial charge >= 0.3 is 0 Å². The molecule has 9 heteroatoms. The predicted molar refractivity (Wildman–Crippen MR) is 110 cm³/mol. The highest BCUT2D eigenvalue weighted by molar-refractivity contribution is 5.82. The average Bonchev–Trinajstić information content (AvgIpc) is 3.21. The number of benzene rings is 2. The zero-order chi connectivity index (χ0) is 21.3. The lowest BCUT2D eigenvalue weighted by molar-refractivity contribution is 0.276. The van der Waals surface area contributed by atoms with E-state index in [0.717, 1.165) is 5.56 Å². The summed E-state index contributed by atoms with van der Waals surface area (Å²) in [6.45, 7) is 1.99. The zero-order valence-electron chi connectivity index (χ0n) is 16.9. The van der Waals surface area contributed by atoms with Crippen LogP contribution in [0.1, 0.15) is 17.1 Å². The molecule has 0 saturated carbocycles. The molecule has 0 radical (unpaired) electrons. The molecule has 0 fully saturated rings. The van der Waals surface area contributed by atoms with Gasteiger partial charge in [-0.05, 0) is 24.6 Å². The first-order chi connectivity index (χ1) is 14.5. The van der Waals surface area contributed by atoms with Crippen molar-refractivity contribution in [3.8, 4) is 17.2 Å². The van der Waals surface area contributed by atoms with Crippen molar-refractivity contribution in [2.24, 2.45) is 0 Å². The zero-order valence-corrected chi connectivity index (χ0v) is 16.9. The Balaban J connectivity index is 1.88. The fourth-order valence-electron chi connectivity index (χ4n) is 3.43. The Labute approximate surface area is 172 Å². The molecule has 0 amide bonds. The third kappa shape index (κ3) is 3.39. The summed E-state index contributed by atoms with van der Waals surface area (Å²) in [7, 11) is 3.07. The van der Waals surface area contributed by atoms with E-state index in [-0.39, 0.29) is 12.2 Å². The van der Waals surface area contributed by atoms with Crippen LogP contribution in [0, 0.1) is 6.92 Å². The molecule has 4 rings (SSSR count). The number of nitrogens with zero attached hydrogens (tertiary/aromatic N) is 5. The van der Waals surface area contributed by atoms with Crippen LogP contribution in [0.2, 0.25) is 0 Å². The summed E-state index contributed by atoms with van der Waals surface area (Å²) in [4.78, 5) is 18.1. The van der Waals surface area contributed by atoms with Crippen molar-refractivity contribution < 1.29 is 14.6 Å². The molecule has 4 aromatic rings. The molecule has 1 N–H and O–H groups in total. The predicted octanol–water partition coefficient (Wildman–Crippen LogP) is 1.84. The van der Waals surface area contributed by atoms with Gasteiger partial charge < -0.3 is 14.6 Å². The number of rotatable bonds is 6. The molecule has 0 atom stereocenters. The molecule has 0 unspecified atom stereocenters. The van der Waals surface area contributed by atoms with Gasteiger partial charge in [-0.1, -0.05) is 23.4 Å². The van der Waals surface area contributed by atoms with E-state index in [2.05, 4.69) is 15.3 Å². The summed E-state index contributed by atoms with van der Waals surface area (Å²) in [6.07, 6.45) is 1.67. The number of aliphatic hydroxyl groups excluding tert-OH is 1. The first kappa shape index (κ1) is 19.6. The van der Waals surface area contributed by atoms with Crippen LogP contribution in [0.5, 0.6) is 11.5 Å². The van der Waals surface area contributed by atoms with Crippen LogP contribution in [-0.2, 0) is 13.2 Å². The first-order valence-corrected chi connectivity index (χ1v) is 9.29. The second-order valence-electron chi connectivity index (χ2n) is 6.72. The van der Waals surface area contributed by atoms with Crippen molar-refractivity contribution in [3.05, 3.63) is 70.0 Å². The molecule has 2 aromatic carbocycles. The van der Waals surface area contributed by atoms with E-state index in [4.69, 9.17) is 9.47 Å². The molecule has 9 nitrogen and oxygen atoms in total. The van der Waals surface area contributed by atoms with Crippen LogP contribution in [0.25, 0.3) is 16.6 Å². The number of hydrogen-bond acceptors (Lipinski definition) is 7. The van der Waals surface area contributed by atoms with Crippen LogP contribution in [0.15, 0.2) is 47.4 Å². The van der Waals surface area contributed by atoms with Gasteiger partial charge in [0.1, 0.15) is 11.5 Å². The number of para-hydroxylation sites is 1. The molecule has 0 aliphatic heterocycles. The maximum atomic E-state index is 13.4. The third-order valence-electron chi connectivity index (χ3n) is 4.85. The molecule has 2 heterocycles. The van der Waals surface area contributed by atoms with Gasteiger partial charge in [-0.3, -0.25) is 9.36 Å². The van der Waals surface area contributed by atoms with Gasteiger partial charge in [0.05, 0.1) is 50.2 Å². The van der Waals surface area contributed by atoms with Gasteiger partial charge in [0.2, 0.25) is 0 Å². The average molecular weight is 407 g/mol. The van der Waals surface area contributed by atoms with E-state index in [1.165, 1.54) is 7.11 Å². The number of ether oxygens (including phenoxy) is 2. The summed E-state index contributed by atoms with van der Waals surface area (Å²) >= 11 is 0. The lowest BCUT2D eigenvalue weighted by Crippen LogP contribution is -2.24. The van der Waals surface area contributed by atoms with Crippen molar-refractivity contribution in [1.82, 2.24) is 24.5 Å². The van der Waals surface area contributed by atoms with Crippen LogP contribution < -0.4 is 15.0 Å². The molecular formula is C21H21N5O4. The third-order valence-corrected chi connectivity index (χ3v) is 4.85. The largest absolute Gasteiger partial charge is 0.493 e. The van der Waals surface area contributed by atoms with E-state index < -0.39 is 0 Å². The Morgan fingerprint density at radius 1 is 1.10 bits per heavy atom. The molecule has 0 spiro atoms. The highest BCUT2D eigenvalue weighted by Crippen LogP contribution is 2.30. The number of aliphatic hydroxyl groups is 1. The minimum absolute atomic E-state index is 0.180. The molecule has 154 valence electrons. The highest BCUT2D eigenvalue weighted by atomic mass is 16.5. The molecule has 30 heavy (non-hydrogen) atoms. The van der Waals surface area contributed by atoms with Crippen LogP contribution in [0.3, 0.4) is 0 Å². The van der Waals surface area contributed by atoms with Crippen molar-refractivity contribution in [2.45, 2.75) is 20.1 Å². The van der Waals surface area contributed by atoms with Crippen molar-refractivity contribution >= 4 is 10.9 Å². The van der Waals surface area contributed by atoms with Gasteiger partial charge in [0.25, 0.3) is 5.56 Å². The van der Waals surface area contributed by atoms with Gasteiger partial charge in [0.15, 0.2) is 11.5 Å². The van der Waals surface area contributed by atoms with E-state index in [0.29, 0.717) is 46.2 Å². The second kappa shape index (κ2) is 7.96. The number of aryl methyl sites for hydroxylation is 1. The summed E-state index contributed by atoms with van der Waals surface area (Å²) in [5.74, 6) is 1.52. The highest BCUT2D eigenvalue weighted by Gasteiger charge is 2.16. The standard InChI is InChI=1S/C21H21N5O4/c1-13-22-17-9-20(30-3)19(29-2)8-16(17)21(28)26(13)18-7-5-4-6-14(18)10-25-11-15(12-27)23-24-25/h4-9,11,27H,10,12H2,1-3H3. The fraction of sp³-hybridized carbons (Fsp3) is 0.238. The smallest absolute Gasteiger partial charge is 0.266 e. The van der Waals surface area contributed by atoms with Crippen molar-refractivity contribution in [1.29, 1.82) is 0 Å². The maximum absolute atomic E-state index is 13.4. The maximum Gasteiger partial charge on any atom is 0.266 e. The van der Waals surface area contributed by atoms with Crippen LogP contribution in [0.4, 0.5) is 0 Å². The molecular weight excluding hydrogens is 386 g/mol. The van der Waals surface area contributed by atoms with Gasteiger partial charge in [0, 0.05) is 6.07 Å². The van der Waals surface area contributed by atoms with Crippen molar-refractivity contribution in [2.75, 3.05) is 14.2 Å². The molecule has 0 aliphatic rings. The molecule has 2 aromatic heterocycles. The van der Waals surface area contributed by atoms with Gasteiger partial charge in [-0.2, -0.15) is 0 Å². The Hall–Kier alpha value is -3.72.